The van der Waals surface area contributed by atoms with Crippen molar-refractivity contribution < 1.29 is 9.59 Å². The molecule has 160 valence electrons. The Morgan fingerprint density at radius 3 is 2.47 bits per heavy atom. The number of halogens is 1. The molecule has 8 nitrogen and oxygen atoms in total. The van der Waals surface area contributed by atoms with Crippen LogP contribution in [0.4, 0.5) is 5.69 Å². The molecule has 9 heteroatoms. The molecule has 3 rings (SSSR count). The highest BCUT2D eigenvalue weighted by Gasteiger charge is 2.17. The lowest BCUT2D eigenvalue weighted by molar-refractivity contribution is -0.127. The van der Waals surface area contributed by atoms with Gasteiger partial charge in [-0.25, -0.2) is 0 Å². The van der Waals surface area contributed by atoms with E-state index in [1.165, 1.54) is 16.4 Å². The third-order valence-corrected chi connectivity index (χ3v) is 5.52. The highest BCUT2D eigenvalue weighted by atomic mass is 35.5. The van der Waals surface area contributed by atoms with Gasteiger partial charge in [0.25, 0.3) is 5.91 Å². The SMILES string of the molecule is Cc1nn(C)c(Cl)c1/C=C/C(=O)NNC(=O)CCN1CCN(c2ccccc2)CC1. The summed E-state index contributed by atoms with van der Waals surface area (Å²) in [5.41, 5.74) is 7.47. The van der Waals surface area contributed by atoms with Gasteiger partial charge in [0.2, 0.25) is 5.91 Å². The number of hydrazine groups is 1. The molecule has 2 aromatic rings. The number of carbonyl (C=O) groups excluding carboxylic acids is 2. The third-order valence-electron chi connectivity index (χ3n) is 5.07. The minimum atomic E-state index is -0.431. The first-order chi connectivity index (χ1) is 14.4. The van der Waals surface area contributed by atoms with E-state index in [4.69, 9.17) is 11.6 Å². The van der Waals surface area contributed by atoms with E-state index in [0.717, 1.165) is 31.9 Å². The van der Waals surface area contributed by atoms with E-state index in [1.54, 1.807) is 13.1 Å². The average molecular weight is 431 g/mol. The summed E-state index contributed by atoms with van der Waals surface area (Å²) in [5.74, 6) is -0.656. The Morgan fingerprint density at radius 1 is 1.13 bits per heavy atom. The Kier molecular flexibility index (Phi) is 7.48. The first-order valence-electron chi connectivity index (χ1n) is 9.92. The van der Waals surface area contributed by atoms with E-state index in [0.29, 0.717) is 23.7 Å². The molecule has 0 atom stereocenters. The molecule has 2 N–H and O–H groups in total. The minimum Gasteiger partial charge on any atom is -0.369 e. The van der Waals surface area contributed by atoms with Crippen molar-refractivity contribution in [2.24, 2.45) is 7.05 Å². The number of nitrogens with zero attached hydrogens (tertiary/aromatic N) is 4. The van der Waals surface area contributed by atoms with E-state index >= 15 is 0 Å². The number of aromatic nitrogens is 2. The number of carbonyl (C=O) groups is 2. The number of piperazine rings is 1. The van der Waals surface area contributed by atoms with Gasteiger partial charge >= 0.3 is 0 Å². The summed E-state index contributed by atoms with van der Waals surface area (Å²) < 4.78 is 1.54. The van der Waals surface area contributed by atoms with Gasteiger partial charge in [0.05, 0.1) is 5.69 Å². The number of aryl methyl sites for hydroxylation is 2. The first-order valence-corrected chi connectivity index (χ1v) is 10.3. The van der Waals surface area contributed by atoms with Crippen LogP contribution in [0.2, 0.25) is 5.15 Å². The van der Waals surface area contributed by atoms with Crippen LogP contribution in [-0.2, 0) is 16.6 Å². The fourth-order valence-electron chi connectivity index (χ4n) is 3.36. The molecule has 0 aliphatic carbocycles. The molecule has 1 saturated heterocycles. The number of benzene rings is 1. The number of hydrogen-bond donors (Lipinski definition) is 2. The Morgan fingerprint density at radius 2 is 1.83 bits per heavy atom. The van der Waals surface area contributed by atoms with Crippen LogP contribution in [0, 0.1) is 6.92 Å². The lowest BCUT2D eigenvalue weighted by Crippen LogP contribution is -2.48. The molecule has 1 aromatic carbocycles. The average Bonchev–Trinajstić information content (AvgIpc) is 3.01. The normalized spacial score (nSPS) is 14.8. The molecule has 2 amide bonds. The summed E-state index contributed by atoms with van der Waals surface area (Å²) in [5, 5.41) is 4.63. The van der Waals surface area contributed by atoms with Crippen LogP contribution in [0.3, 0.4) is 0 Å². The van der Waals surface area contributed by atoms with Gasteiger partial charge < -0.3 is 4.90 Å². The molecule has 0 saturated carbocycles. The van der Waals surface area contributed by atoms with E-state index in [-0.39, 0.29) is 5.91 Å². The standard InChI is InChI=1S/C21H27ClN6O2/c1-16-18(21(22)26(2)25-16)8-9-19(29)23-24-20(30)10-11-27-12-14-28(15-13-27)17-6-4-3-5-7-17/h3-9H,10-15H2,1-2H3,(H,23,29)(H,24,30)/b9-8+. The van der Waals surface area contributed by atoms with Gasteiger partial charge in [0.1, 0.15) is 5.15 Å². The van der Waals surface area contributed by atoms with Crippen LogP contribution >= 0.6 is 11.6 Å². The molecular weight excluding hydrogens is 404 g/mol. The van der Waals surface area contributed by atoms with Gasteiger partial charge in [-0.15, -0.1) is 0 Å². The highest BCUT2D eigenvalue weighted by molar-refractivity contribution is 6.31. The van der Waals surface area contributed by atoms with Crippen LogP contribution in [0.25, 0.3) is 6.08 Å². The predicted molar refractivity (Wildman–Crippen MR) is 118 cm³/mol. The molecule has 30 heavy (non-hydrogen) atoms. The fourth-order valence-corrected chi connectivity index (χ4v) is 3.60. The Balaban J connectivity index is 1.35. The molecule has 1 aliphatic rings. The predicted octanol–water partition coefficient (Wildman–Crippen LogP) is 1.75. The summed E-state index contributed by atoms with van der Waals surface area (Å²) >= 11 is 6.12. The van der Waals surface area contributed by atoms with Crippen LogP contribution in [0.5, 0.6) is 0 Å². The highest BCUT2D eigenvalue weighted by Crippen LogP contribution is 2.19. The van der Waals surface area contributed by atoms with Crippen LogP contribution in [0.15, 0.2) is 36.4 Å². The third kappa shape index (κ3) is 5.84. The molecule has 0 bridgehead atoms. The molecular formula is C21H27ClN6O2. The Hall–Kier alpha value is -2.84. The molecule has 1 aliphatic heterocycles. The van der Waals surface area contributed by atoms with Crippen molar-refractivity contribution in [3.05, 3.63) is 52.8 Å². The quantitative estimate of drug-likeness (QED) is 0.539. The summed E-state index contributed by atoms with van der Waals surface area (Å²) in [4.78, 5) is 28.6. The molecule has 1 fully saturated rings. The molecule has 2 heterocycles. The van der Waals surface area contributed by atoms with E-state index in [2.05, 4.69) is 37.9 Å². The smallest absolute Gasteiger partial charge is 0.262 e. The van der Waals surface area contributed by atoms with Gasteiger partial charge in [0.15, 0.2) is 0 Å². The maximum Gasteiger partial charge on any atom is 0.262 e. The van der Waals surface area contributed by atoms with Crippen molar-refractivity contribution >= 4 is 35.2 Å². The van der Waals surface area contributed by atoms with Crippen molar-refractivity contribution in [2.45, 2.75) is 13.3 Å². The number of rotatable bonds is 6. The zero-order valence-electron chi connectivity index (χ0n) is 17.3. The fraction of sp³-hybridized carbons (Fsp3) is 0.381. The number of amides is 2. The van der Waals surface area contributed by atoms with E-state index in [1.807, 2.05) is 25.1 Å². The largest absolute Gasteiger partial charge is 0.369 e. The lowest BCUT2D eigenvalue weighted by Gasteiger charge is -2.36. The van der Waals surface area contributed by atoms with Crippen molar-refractivity contribution in [1.82, 2.24) is 25.5 Å². The number of para-hydroxylation sites is 1. The van der Waals surface area contributed by atoms with Gasteiger partial charge in [-0.3, -0.25) is 30.0 Å². The molecule has 0 radical (unpaired) electrons. The minimum absolute atomic E-state index is 0.224. The van der Waals surface area contributed by atoms with Crippen molar-refractivity contribution in [3.8, 4) is 0 Å². The Labute approximate surface area is 181 Å². The summed E-state index contributed by atoms with van der Waals surface area (Å²) in [6, 6.07) is 10.3. The van der Waals surface area contributed by atoms with Crippen molar-refractivity contribution in [3.63, 3.8) is 0 Å². The van der Waals surface area contributed by atoms with Crippen LogP contribution in [-0.4, -0.2) is 59.2 Å². The van der Waals surface area contributed by atoms with Gasteiger partial charge in [-0.1, -0.05) is 29.8 Å². The van der Waals surface area contributed by atoms with Gasteiger partial charge in [0, 0.05) is 63.5 Å². The van der Waals surface area contributed by atoms with Crippen molar-refractivity contribution in [2.75, 3.05) is 37.6 Å². The van der Waals surface area contributed by atoms with Crippen LogP contribution in [0.1, 0.15) is 17.7 Å². The molecule has 0 unspecified atom stereocenters. The summed E-state index contributed by atoms with van der Waals surface area (Å²) in [6.07, 6.45) is 3.22. The second-order valence-electron chi connectivity index (χ2n) is 7.20. The second-order valence-corrected chi connectivity index (χ2v) is 7.56. The maximum atomic E-state index is 12.0. The number of anilines is 1. The molecule has 1 aromatic heterocycles. The monoisotopic (exact) mass is 430 g/mol. The Bertz CT molecular complexity index is 904. The summed E-state index contributed by atoms with van der Waals surface area (Å²) in [6.45, 7) is 6.15. The zero-order valence-corrected chi connectivity index (χ0v) is 18.0. The molecule has 0 spiro atoms. The van der Waals surface area contributed by atoms with Crippen molar-refractivity contribution in [1.29, 1.82) is 0 Å². The van der Waals surface area contributed by atoms with E-state index < -0.39 is 5.91 Å². The summed E-state index contributed by atoms with van der Waals surface area (Å²) in [7, 11) is 1.73. The number of hydrogen-bond acceptors (Lipinski definition) is 5. The number of nitrogens with one attached hydrogen (secondary N) is 2. The van der Waals surface area contributed by atoms with Crippen LogP contribution < -0.4 is 15.8 Å². The first kappa shape index (κ1) is 21.9. The maximum absolute atomic E-state index is 12.0. The van der Waals surface area contributed by atoms with E-state index in [9.17, 15) is 9.59 Å². The van der Waals surface area contributed by atoms with Gasteiger partial charge in [-0.05, 0) is 25.1 Å². The lowest BCUT2D eigenvalue weighted by atomic mass is 10.2. The topological polar surface area (TPSA) is 82.5 Å². The second kappa shape index (κ2) is 10.3. The van der Waals surface area contributed by atoms with Gasteiger partial charge in [-0.2, -0.15) is 5.10 Å². The zero-order chi connectivity index (χ0) is 21.5.